The largest absolute Gasteiger partial charge is 0.510 e. The van der Waals surface area contributed by atoms with Crippen molar-refractivity contribution < 1.29 is 44.3 Å². The average molecular weight is 607 g/mol. The highest BCUT2D eigenvalue weighted by Gasteiger charge is 2.69. The van der Waals surface area contributed by atoms with Crippen LogP contribution in [0.5, 0.6) is 5.75 Å². The summed E-state index contributed by atoms with van der Waals surface area (Å²) in [4.78, 5) is 56.4. The molecule has 1 aromatic rings. The molecule has 1 aromatic carbocycles. The van der Waals surface area contributed by atoms with E-state index in [0.717, 1.165) is 19.3 Å². The van der Waals surface area contributed by atoms with E-state index in [9.17, 15) is 39.6 Å². The van der Waals surface area contributed by atoms with Crippen LogP contribution in [-0.2, 0) is 19.1 Å². The number of aliphatic hydroxyl groups is 3. The Balaban J connectivity index is 1.44. The number of phenols is 1. The maximum absolute atomic E-state index is 14.4. The summed E-state index contributed by atoms with van der Waals surface area (Å²) in [7, 11) is 3.10. The van der Waals surface area contributed by atoms with Gasteiger partial charge in [-0.15, -0.1) is 0 Å². The molecule has 234 valence electrons. The number of nitrogens with zero attached hydrogens (tertiary/aromatic N) is 1. The number of benzene rings is 1. The smallest absolute Gasteiger partial charge is 0.312 e. The fourth-order valence-electron chi connectivity index (χ4n) is 10.3. The minimum atomic E-state index is -2.94. The van der Waals surface area contributed by atoms with E-state index in [1.165, 1.54) is 11.0 Å². The van der Waals surface area contributed by atoms with E-state index >= 15 is 0 Å². The van der Waals surface area contributed by atoms with Gasteiger partial charge in [-0.05, 0) is 87.9 Å². The van der Waals surface area contributed by atoms with Crippen molar-refractivity contribution in [2.24, 2.45) is 40.7 Å². The Hall–Kier alpha value is -3.70. The van der Waals surface area contributed by atoms with E-state index in [-0.39, 0.29) is 16.9 Å². The minimum absolute atomic E-state index is 0.0908. The summed E-state index contributed by atoms with van der Waals surface area (Å²) in [5.74, 6) is -7.98. The molecule has 4 bridgehead atoms. The highest BCUT2D eigenvalue weighted by molar-refractivity contribution is 6.25. The number of Topliss-reactive ketones (excluding diaryl/α,β-unsaturated/α-hetero) is 2. The topological polar surface area (TPSA) is 188 Å². The molecule has 6 atom stereocenters. The number of hydrogen-bond donors (Lipinski definition) is 5. The number of primary amides is 1. The van der Waals surface area contributed by atoms with Gasteiger partial charge in [-0.3, -0.25) is 24.1 Å². The first kappa shape index (κ1) is 29.0. The van der Waals surface area contributed by atoms with Crippen LogP contribution < -0.4 is 5.73 Å². The molecule has 11 nitrogen and oxygen atoms in total. The van der Waals surface area contributed by atoms with Crippen LogP contribution in [-0.4, -0.2) is 80.6 Å². The van der Waals surface area contributed by atoms with Crippen molar-refractivity contribution in [2.75, 3.05) is 14.1 Å². The maximum atomic E-state index is 14.4. The predicted molar refractivity (Wildman–Crippen MR) is 154 cm³/mol. The number of amides is 1. The van der Waals surface area contributed by atoms with E-state index in [0.29, 0.717) is 42.6 Å². The molecule has 7 aliphatic carbocycles. The number of carbonyl (C=O) groups is 4. The molecule has 7 aliphatic rings. The molecule has 0 spiro atoms. The van der Waals surface area contributed by atoms with Gasteiger partial charge in [-0.1, -0.05) is 19.1 Å². The van der Waals surface area contributed by atoms with Gasteiger partial charge in [0.05, 0.1) is 22.9 Å². The van der Waals surface area contributed by atoms with Gasteiger partial charge in [-0.2, -0.15) is 0 Å². The molecule has 4 fully saturated rings. The third-order valence-corrected chi connectivity index (χ3v) is 11.7. The molecule has 8 rings (SSSR count). The molecule has 0 radical (unpaired) electrons. The van der Waals surface area contributed by atoms with Crippen molar-refractivity contribution in [1.82, 2.24) is 4.90 Å². The van der Waals surface area contributed by atoms with Crippen LogP contribution in [0, 0.1) is 35.0 Å². The Morgan fingerprint density at radius 2 is 1.59 bits per heavy atom. The Kier molecular flexibility index (Phi) is 6.21. The molecule has 4 saturated carbocycles. The Bertz CT molecular complexity index is 1560. The Labute approximate surface area is 254 Å². The van der Waals surface area contributed by atoms with Gasteiger partial charge in [0.25, 0.3) is 5.91 Å². The molecule has 6 N–H and O–H groups in total. The molecule has 4 unspecified atom stereocenters. The quantitative estimate of drug-likeness (QED) is 0.252. The van der Waals surface area contributed by atoms with Crippen LogP contribution in [0.15, 0.2) is 40.9 Å². The van der Waals surface area contributed by atoms with Crippen molar-refractivity contribution in [3.8, 4) is 5.75 Å². The van der Waals surface area contributed by atoms with Crippen LogP contribution in [0.25, 0.3) is 0 Å². The van der Waals surface area contributed by atoms with Gasteiger partial charge in [-0.25, -0.2) is 0 Å². The molecule has 44 heavy (non-hydrogen) atoms. The zero-order valence-corrected chi connectivity index (χ0v) is 24.9. The first-order valence-electron chi connectivity index (χ1n) is 15.4. The Morgan fingerprint density at radius 3 is 2.14 bits per heavy atom. The SMILES string of the molecule is CC1c2cccc(O)c2C(=O)C2=C(O)[C@]3(O)C(=O)C(C(N)=O)=C(O)[C@@H](N(C)C)C3C(OC(=O)C34CC5CC(CC(C5)C3)C4)C21. The number of ketones is 2. The first-order valence-corrected chi connectivity index (χ1v) is 15.4. The number of phenolic OH excluding ortho intramolecular Hbond substituents is 1. The highest BCUT2D eigenvalue weighted by Crippen LogP contribution is 2.62. The lowest BCUT2D eigenvalue weighted by molar-refractivity contribution is -0.198. The second-order valence-corrected chi connectivity index (χ2v) is 14.4. The lowest BCUT2D eigenvalue weighted by Crippen LogP contribution is -2.69. The van der Waals surface area contributed by atoms with Crippen LogP contribution in [0.1, 0.15) is 67.3 Å². The molecule has 0 aromatic heterocycles. The molecule has 11 heteroatoms. The van der Waals surface area contributed by atoms with E-state index in [4.69, 9.17) is 10.5 Å². The number of aliphatic hydroxyl groups excluding tert-OH is 2. The van der Waals surface area contributed by atoms with Crippen LogP contribution in [0.4, 0.5) is 0 Å². The number of hydrogen-bond acceptors (Lipinski definition) is 10. The predicted octanol–water partition coefficient (Wildman–Crippen LogP) is 2.42. The maximum Gasteiger partial charge on any atom is 0.312 e. The zero-order valence-electron chi connectivity index (χ0n) is 24.9. The lowest BCUT2D eigenvalue weighted by Gasteiger charge is -2.57. The summed E-state index contributed by atoms with van der Waals surface area (Å²) < 4.78 is 6.48. The summed E-state index contributed by atoms with van der Waals surface area (Å²) in [6.07, 6.45) is 3.90. The van der Waals surface area contributed by atoms with Crippen LogP contribution in [0.3, 0.4) is 0 Å². The summed E-state index contributed by atoms with van der Waals surface area (Å²) in [5, 5.41) is 46.1. The number of esters is 1. The zero-order chi connectivity index (χ0) is 31.6. The van der Waals surface area contributed by atoms with Gasteiger partial charge >= 0.3 is 5.97 Å². The van der Waals surface area contributed by atoms with Gasteiger partial charge in [0.2, 0.25) is 5.78 Å². The van der Waals surface area contributed by atoms with Gasteiger partial charge in [0, 0.05) is 11.5 Å². The standard InChI is InChI=1S/C33H38N2O9/c1-13-17-5-4-6-18(36)20(17)25(37)21-19(13)27(44-31(42)32-10-14-7-15(11-32)9-16(8-14)12-32)23-24(35(2)3)26(38)22(30(34)41)29(40)33(23,43)28(21)39/h4-6,13-16,19,23-24,27,36,38-39,43H,7-12H2,1-3H3,(H2,34,41)/t13?,14?,15?,16?,19?,23?,24-,27?,32?,33-/m0/s1. The minimum Gasteiger partial charge on any atom is -0.510 e. The number of ether oxygens (including phenoxy) is 1. The fraction of sp³-hybridized carbons (Fsp3) is 0.576. The number of nitrogens with two attached hydrogens (primary N) is 1. The molecule has 0 saturated heterocycles. The summed E-state index contributed by atoms with van der Waals surface area (Å²) >= 11 is 0. The third kappa shape index (κ3) is 3.62. The van der Waals surface area contributed by atoms with E-state index in [2.05, 4.69) is 0 Å². The second kappa shape index (κ2) is 9.40. The summed E-state index contributed by atoms with van der Waals surface area (Å²) in [6.45, 7) is 1.76. The second-order valence-electron chi connectivity index (χ2n) is 14.4. The summed E-state index contributed by atoms with van der Waals surface area (Å²) in [5.41, 5.74) is 0.905. The van der Waals surface area contributed by atoms with Gasteiger partial charge in [0.1, 0.15) is 28.9 Å². The van der Waals surface area contributed by atoms with E-state index in [1.807, 2.05) is 0 Å². The third-order valence-electron chi connectivity index (χ3n) is 11.7. The van der Waals surface area contributed by atoms with E-state index in [1.54, 1.807) is 33.2 Å². The number of fused-ring (bicyclic) bond motifs is 3. The molecular weight excluding hydrogens is 568 g/mol. The number of carbonyl (C=O) groups excluding carboxylic acids is 4. The van der Waals surface area contributed by atoms with E-state index < -0.39 is 81.4 Å². The van der Waals surface area contributed by atoms with Crippen molar-refractivity contribution in [3.05, 3.63) is 52.0 Å². The summed E-state index contributed by atoms with van der Waals surface area (Å²) in [6, 6.07) is 3.28. The average Bonchev–Trinajstić information content (AvgIpc) is 2.93. The first-order chi connectivity index (χ1) is 20.7. The van der Waals surface area contributed by atoms with Gasteiger partial charge in [0.15, 0.2) is 11.4 Å². The normalized spacial score (nSPS) is 40.6. The van der Waals surface area contributed by atoms with Crippen molar-refractivity contribution >= 4 is 23.4 Å². The fourth-order valence-corrected chi connectivity index (χ4v) is 10.3. The highest BCUT2D eigenvalue weighted by atomic mass is 16.5. The van der Waals surface area contributed by atoms with Crippen molar-refractivity contribution in [3.63, 3.8) is 0 Å². The Morgan fingerprint density at radius 1 is 1.00 bits per heavy atom. The number of likely N-dealkylation sites (N-methyl/N-ethyl adjacent to an activating group) is 1. The lowest BCUT2D eigenvalue weighted by atomic mass is 9.49. The van der Waals surface area contributed by atoms with Crippen molar-refractivity contribution in [2.45, 2.75) is 69.1 Å². The van der Waals surface area contributed by atoms with Gasteiger partial charge < -0.3 is 30.9 Å². The number of rotatable bonds is 4. The molecule has 0 aliphatic heterocycles. The van der Waals surface area contributed by atoms with Crippen LogP contribution in [0.2, 0.25) is 0 Å². The monoisotopic (exact) mass is 606 g/mol. The van der Waals surface area contributed by atoms with Crippen LogP contribution >= 0.6 is 0 Å². The number of aromatic hydroxyl groups is 1. The molecular formula is C33H38N2O9. The molecule has 1 amide bonds. The van der Waals surface area contributed by atoms with Crippen molar-refractivity contribution in [1.29, 1.82) is 0 Å². The molecule has 0 heterocycles.